The van der Waals surface area contributed by atoms with Crippen LogP contribution in [-0.4, -0.2) is 126 Å². The summed E-state index contributed by atoms with van der Waals surface area (Å²) in [4.78, 5) is 79.2. The van der Waals surface area contributed by atoms with Gasteiger partial charge in [0.25, 0.3) is 11.8 Å². The fourth-order valence-corrected chi connectivity index (χ4v) is 14.7. The number of hydrogen-bond acceptors (Lipinski definition) is 14. The zero-order valence-corrected chi connectivity index (χ0v) is 52.1. The van der Waals surface area contributed by atoms with Crippen molar-refractivity contribution in [3.8, 4) is 11.5 Å². The molecule has 0 bridgehead atoms. The van der Waals surface area contributed by atoms with Crippen LogP contribution in [-0.2, 0) is 37.0 Å². The number of nitrogens with one attached hydrogen (secondary N) is 3. The molecule has 7 aromatic rings. The molecule has 0 atom stereocenters. The minimum absolute atomic E-state index is 0.0254. The van der Waals surface area contributed by atoms with Gasteiger partial charge in [-0.2, -0.15) is 0 Å². The molecule has 0 unspecified atom stereocenters. The van der Waals surface area contributed by atoms with E-state index in [0.29, 0.717) is 87.0 Å². The van der Waals surface area contributed by atoms with Gasteiger partial charge in [-0.15, -0.1) is 0 Å². The summed E-state index contributed by atoms with van der Waals surface area (Å²) in [6.45, 7) is 6.58. The Morgan fingerprint density at radius 1 is 0.815 bits per heavy atom. The molecule has 4 N–H and O–H groups in total. The Morgan fingerprint density at radius 2 is 1.58 bits per heavy atom. The summed E-state index contributed by atoms with van der Waals surface area (Å²) in [6.07, 6.45) is 10.6. The molecule has 0 radical (unpaired) electrons. The van der Waals surface area contributed by atoms with Crippen LogP contribution < -0.4 is 45.6 Å². The van der Waals surface area contributed by atoms with Gasteiger partial charge in [0, 0.05) is 120 Å². The third-order valence-corrected chi connectivity index (χ3v) is 19.3. The maximum atomic E-state index is 15.8. The number of hydrogen-bond donors (Lipinski definition) is 4. The number of ether oxygens (including phenoxy) is 1. The number of thiazole rings is 1. The van der Waals surface area contributed by atoms with Gasteiger partial charge >= 0.3 is 5.97 Å². The van der Waals surface area contributed by atoms with E-state index in [1.165, 1.54) is 40.5 Å². The van der Waals surface area contributed by atoms with Gasteiger partial charge in [0.15, 0.2) is 28.4 Å². The SMILES string of the molecule is Cc1nc(Nc2ncc(C(=O)Nc3c(C)cccc3Cl)s2)cc(N2CCN(CC(=O)N(CCNC(=O)c3ccc(C(=O)O)c(C4=c5cc6c7c(c5Oc5c4cc4c8c5CCCN8CCCC4)CCC[N+]=7CCCC6)c3)Cc3c(F)c(F)c(N=[N+]=[N-])c(F)c3F)CC2)n1. The molecule has 5 aromatic carbocycles. The number of aromatic nitrogens is 3. The van der Waals surface area contributed by atoms with Crippen LogP contribution in [0.1, 0.15) is 119 Å². The van der Waals surface area contributed by atoms with Gasteiger partial charge in [0.05, 0.1) is 41.1 Å². The lowest BCUT2D eigenvalue weighted by molar-refractivity contribution is -0.133. The summed E-state index contributed by atoms with van der Waals surface area (Å²) in [6, 6.07) is 15.8. The minimum atomic E-state index is -1.95. The maximum absolute atomic E-state index is 15.8. The zero-order valence-electron chi connectivity index (χ0n) is 50.5. The van der Waals surface area contributed by atoms with Gasteiger partial charge in [-0.05, 0) is 124 Å². The van der Waals surface area contributed by atoms with Crippen LogP contribution in [0.5, 0.6) is 11.5 Å². The molecule has 8 heterocycles. The summed E-state index contributed by atoms with van der Waals surface area (Å²) in [5.74, 6) is -7.75. The minimum Gasteiger partial charge on any atom is -0.478 e. The standard InChI is InChI=1S/C66H63ClF4N14O6S/c1-35-10-7-15-47(67)57(35)78-64(88)48-32-74-66(92-48)77-49-31-50(76-36(2)75-49)82-26-24-81(25-27-82)34-51(86)85(33-46-53(68)55(70)58(79-80-72)56(71)54(46)69)23-18-73-63(87)39-16-17-40(65(89)90)43(30-39)52-44-28-37-11-3-5-19-83-21-8-13-41(59(37)83)61(44)91-62-42-14-9-22-84-20-6-4-12-38(60(42)84)29-45(52)62/h7,10,15-17,28-32H,3-6,8-9,11-14,18-27,33-34H2,1-2H3,(H3-,73,74,75,76,77,78,87,88,89,90)/p+1. The second kappa shape index (κ2) is 25.8. The number of anilines is 5. The van der Waals surface area contributed by atoms with E-state index in [4.69, 9.17) is 21.9 Å². The van der Waals surface area contributed by atoms with Gasteiger partial charge in [0.1, 0.15) is 52.6 Å². The third-order valence-electron chi connectivity index (χ3n) is 18.1. The van der Waals surface area contributed by atoms with Crippen LogP contribution in [0.4, 0.5) is 51.4 Å². The van der Waals surface area contributed by atoms with Crippen LogP contribution in [0, 0.1) is 37.1 Å². The summed E-state index contributed by atoms with van der Waals surface area (Å²) in [7, 11) is 0. The van der Waals surface area contributed by atoms with E-state index in [0.717, 1.165) is 134 Å². The van der Waals surface area contributed by atoms with Crippen molar-refractivity contribution in [3.63, 3.8) is 0 Å². The molecule has 13 rings (SSSR count). The maximum Gasteiger partial charge on any atom is 0.336 e. The number of carbonyl (C=O) groups excluding carboxylic acids is 3. The number of aryl methyl sites for hydroxylation is 4. The lowest BCUT2D eigenvalue weighted by Crippen LogP contribution is -2.51. The number of amides is 3. The quantitative estimate of drug-likeness (QED) is 0.0176. The zero-order chi connectivity index (χ0) is 64.1. The molecule has 92 heavy (non-hydrogen) atoms. The van der Waals surface area contributed by atoms with Crippen LogP contribution >= 0.6 is 22.9 Å². The Hall–Kier alpha value is -9.16. The number of nitrogens with zero attached hydrogens (tertiary/aromatic N) is 11. The summed E-state index contributed by atoms with van der Waals surface area (Å²) in [5, 5.41) is 25.4. The number of carbonyl (C=O) groups is 4. The van der Waals surface area contributed by atoms with Crippen LogP contribution in [0.3, 0.4) is 0 Å². The molecule has 6 aliphatic heterocycles. The highest BCUT2D eigenvalue weighted by Gasteiger charge is 2.37. The Kier molecular flexibility index (Phi) is 17.3. The molecule has 26 heteroatoms. The topological polar surface area (TPSA) is 237 Å². The smallest absolute Gasteiger partial charge is 0.336 e. The van der Waals surface area contributed by atoms with Crippen molar-refractivity contribution in [2.45, 2.75) is 84.6 Å². The van der Waals surface area contributed by atoms with E-state index in [9.17, 15) is 24.3 Å². The molecule has 20 nitrogen and oxygen atoms in total. The normalized spacial score (nSPS) is 15.8. The molecule has 0 spiro atoms. The highest BCUT2D eigenvalue weighted by Crippen LogP contribution is 2.49. The Balaban J connectivity index is 0.759. The molecular weight excluding hydrogens is 1230 g/mol. The van der Waals surface area contributed by atoms with E-state index < -0.39 is 65.4 Å². The fourth-order valence-electron chi connectivity index (χ4n) is 13.7. The Labute approximate surface area is 534 Å². The van der Waals surface area contributed by atoms with Crippen molar-refractivity contribution in [3.05, 3.63) is 176 Å². The summed E-state index contributed by atoms with van der Waals surface area (Å²) in [5.41, 5.74) is 15.1. The molecule has 1 fully saturated rings. The number of piperazine rings is 1. The first kappa shape index (κ1) is 61.7. The first-order chi connectivity index (χ1) is 44.5. The lowest BCUT2D eigenvalue weighted by atomic mass is 9.82. The molecule has 3 amide bonds. The van der Waals surface area contributed by atoms with Crippen molar-refractivity contribution in [1.82, 2.24) is 34.6 Å². The molecule has 0 aliphatic carbocycles. The van der Waals surface area contributed by atoms with Crippen molar-refractivity contribution < 1.29 is 46.6 Å². The predicted octanol–water partition coefficient (Wildman–Crippen LogP) is 10.2. The summed E-state index contributed by atoms with van der Waals surface area (Å²) >= 11 is 7.45. The van der Waals surface area contributed by atoms with Gasteiger partial charge in [-0.25, -0.2) is 41.9 Å². The number of para-hydroxylation sites is 1. The second-order valence-corrected chi connectivity index (χ2v) is 25.4. The van der Waals surface area contributed by atoms with E-state index in [-0.39, 0.29) is 30.1 Å². The monoisotopic (exact) mass is 1290 g/mol. The lowest BCUT2D eigenvalue weighted by Gasteiger charge is -2.36. The van der Waals surface area contributed by atoms with Crippen molar-refractivity contribution in [2.24, 2.45) is 5.11 Å². The van der Waals surface area contributed by atoms with E-state index in [1.807, 2.05) is 17.9 Å². The Morgan fingerprint density at radius 3 is 2.36 bits per heavy atom. The molecule has 474 valence electrons. The largest absolute Gasteiger partial charge is 0.478 e. The second-order valence-electron chi connectivity index (χ2n) is 23.9. The molecular formula is C66H64ClF4N14O6S+. The van der Waals surface area contributed by atoms with Crippen LogP contribution in [0.2, 0.25) is 5.02 Å². The summed E-state index contributed by atoms with van der Waals surface area (Å²) < 4.78 is 72.0. The number of carboxylic acids is 1. The number of halogens is 5. The van der Waals surface area contributed by atoms with Gasteiger partial charge < -0.3 is 40.5 Å². The van der Waals surface area contributed by atoms with Crippen LogP contribution in [0.15, 0.2) is 65.9 Å². The van der Waals surface area contributed by atoms with Crippen molar-refractivity contribution >= 4 is 86.0 Å². The van der Waals surface area contributed by atoms with Gasteiger partial charge in [0.2, 0.25) is 11.3 Å². The number of carboxylic acid groups (broad SMARTS) is 1. The predicted molar refractivity (Wildman–Crippen MR) is 341 cm³/mol. The molecule has 6 aliphatic rings. The van der Waals surface area contributed by atoms with Gasteiger partial charge in [-0.1, -0.05) is 40.2 Å². The average Bonchev–Trinajstić information content (AvgIpc) is 0.905. The van der Waals surface area contributed by atoms with Gasteiger partial charge in [-0.3, -0.25) is 19.3 Å². The van der Waals surface area contributed by atoms with E-state index in [1.54, 1.807) is 36.1 Å². The third kappa shape index (κ3) is 11.9. The molecule has 0 saturated carbocycles. The van der Waals surface area contributed by atoms with Crippen molar-refractivity contribution in [1.29, 1.82) is 0 Å². The average molecular weight is 1290 g/mol. The highest BCUT2D eigenvalue weighted by molar-refractivity contribution is 7.17. The Bertz CT molecular complexity index is 4370. The number of fused-ring (bicyclic) bond motifs is 4. The number of benzene rings is 5. The van der Waals surface area contributed by atoms with E-state index >= 15 is 17.6 Å². The number of azide groups is 1. The first-order valence-electron chi connectivity index (χ1n) is 30.9. The first-order valence-corrected chi connectivity index (χ1v) is 32.1. The van der Waals surface area contributed by atoms with Crippen molar-refractivity contribution in [2.75, 3.05) is 92.4 Å². The number of aromatic carboxylic acids is 1. The van der Waals surface area contributed by atoms with E-state index in [2.05, 4.69) is 62.5 Å². The number of rotatable bonds is 16. The highest BCUT2D eigenvalue weighted by atomic mass is 35.5. The molecule has 2 aromatic heterocycles. The fraction of sp³-hybridized carbons (Fsp3) is 0.364. The molecule has 1 saturated heterocycles. The van der Waals surface area contributed by atoms with Crippen LogP contribution in [0.25, 0.3) is 16.0 Å².